The number of nitrogens with zero attached hydrogens (tertiary/aromatic N) is 6. The molecule has 0 amide bonds. The minimum absolute atomic E-state index is 0.202. The van der Waals surface area contributed by atoms with Gasteiger partial charge in [-0.25, -0.2) is 17.7 Å². The van der Waals surface area contributed by atoms with Gasteiger partial charge in [0.25, 0.3) is 0 Å². The van der Waals surface area contributed by atoms with Crippen molar-refractivity contribution in [3.8, 4) is 5.75 Å². The molecule has 0 spiro atoms. The Hall–Kier alpha value is -2.99. The summed E-state index contributed by atoms with van der Waals surface area (Å²) in [5, 5.41) is 7.85. The molecule has 1 saturated heterocycles. The van der Waals surface area contributed by atoms with Crippen LogP contribution in [0.3, 0.4) is 0 Å². The van der Waals surface area contributed by atoms with Gasteiger partial charge < -0.3 is 15.8 Å². The van der Waals surface area contributed by atoms with E-state index < -0.39 is 10.0 Å². The van der Waals surface area contributed by atoms with Gasteiger partial charge in [0, 0.05) is 25.8 Å². The van der Waals surface area contributed by atoms with Crippen molar-refractivity contribution in [2.75, 3.05) is 44.1 Å². The van der Waals surface area contributed by atoms with Gasteiger partial charge in [0.15, 0.2) is 5.82 Å². The highest BCUT2D eigenvalue weighted by Gasteiger charge is 2.26. The molecule has 0 radical (unpaired) electrons. The quantitative estimate of drug-likeness (QED) is 0.434. The van der Waals surface area contributed by atoms with Crippen molar-refractivity contribution in [2.45, 2.75) is 45.1 Å². The fraction of sp³-hybridized carbons (Fsp3) is 0.545. The number of rotatable bonds is 9. The molecular formula is C22H32N8O3S. The van der Waals surface area contributed by atoms with Crippen molar-refractivity contribution in [3.63, 3.8) is 0 Å². The van der Waals surface area contributed by atoms with Crippen molar-refractivity contribution in [2.24, 2.45) is 0 Å². The molecule has 3 N–H and O–H groups in total. The number of hydrogen-bond donors (Lipinski definition) is 2. The van der Waals surface area contributed by atoms with Gasteiger partial charge >= 0.3 is 0 Å². The number of ether oxygens (including phenoxy) is 1. The van der Waals surface area contributed by atoms with E-state index in [-0.39, 0.29) is 11.9 Å². The Bertz CT molecular complexity index is 1250. The molecule has 11 nitrogen and oxygen atoms in total. The van der Waals surface area contributed by atoms with Crippen LogP contribution in [0.5, 0.6) is 5.75 Å². The van der Waals surface area contributed by atoms with Gasteiger partial charge in [-0.15, -0.1) is 0 Å². The van der Waals surface area contributed by atoms with Crippen LogP contribution in [0.4, 0.5) is 11.8 Å². The topological polar surface area (TPSA) is 141 Å². The third kappa shape index (κ3) is 5.22. The Morgan fingerprint density at radius 1 is 1.24 bits per heavy atom. The van der Waals surface area contributed by atoms with Crippen LogP contribution in [-0.4, -0.2) is 70.5 Å². The van der Waals surface area contributed by atoms with Gasteiger partial charge in [-0.2, -0.15) is 10.1 Å². The number of hydrogen-bond acceptors (Lipinski definition) is 9. The first-order valence-corrected chi connectivity index (χ1v) is 13.4. The molecule has 34 heavy (non-hydrogen) atoms. The summed E-state index contributed by atoms with van der Waals surface area (Å²) >= 11 is 0. The molecule has 0 bridgehead atoms. The van der Waals surface area contributed by atoms with Crippen molar-refractivity contribution in [1.29, 1.82) is 0 Å². The highest BCUT2D eigenvalue weighted by molar-refractivity contribution is 7.88. The molecule has 0 saturated carbocycles. The lowest BCUT2D eigenvalue weighted by atomic mass is 9.91. The van der Waals surface area contributed by atoms with Crippen LogP contribution < -0.4 is 15.8 Å². The number of nitrogens with two attached hydrogens (primary N) is 1. The number of fused-ring (bicyclic) bond motifs is 1. The van der Waals surface area contributed by atoms with Gasteiger partial charge in [-0.05, 0) is 36.8 Å². The molecule has 1 fully saturated rings. The summed E-state index contributed by atoms with van der Waals surface area (Å²) in [6, 6.07) is 2.00. The van der Waals surface area contributed by atoms with E-state index in [4.69, 9.17) is 15.5 Å². The molecule has 3 aromatic heterocycles. The summed E-state index contributed by atoms with van der Waals surface area (Å²) in [5.41, 5.74) is 9.11. The summed E-state index contributed by atoms with van der Waals surface area (Å²) < 4.78 is 32.6. The number of nitrogens with one attached hydrogen (secondary N) is 1. The number of nitrogen functional groups attached to an aromatic ring is 1. The number of aromatic nitrogens is 5. The van der Waals surface area contributed by atoms with E-state index in [1.165, 1.54) is 10.6 Å². The van der Waals surface area contributed by atoms with Crippen LogP contribution in [-0.2, 0) is 16.6 Å². The van der Waals surface area contributed by atoms with E-state index in [0.29, 0.717) is 36.7 Å². The number of unbranched alkanes of at least 4 members (excludes halogenated alkanes) is 1. The normalized spacial score (nSPS) is 15.6. The van der Waals surface area contributed by atoms with Gasteiger partial charge in [0.05, 0.1) is 26.1 Å². The first kappa shape index (κ1) is 24.1. The predicted octanol–water partition coefficient (Wildman–Crippen LogP) is 2.21. The highest BCUT2D eigenvalue weighted by Crippen LogP contribution is 2.32. The average Bonchev–Trinajstić information content (AvgIpc) is 3.21. The SMILES string of the molecule is CCCCNc1nc(N)nc2cnn(Cc3ncc(C4CCN(S(C)(=O)=O)CC4)cc3OC)c12. The van der Waals surface area contributed by atoms with Crippen molar-refractivity contribution >= 4 is 32.8 Å². The van der Waals surface area contributed by atoms with Crippen molar-refractivity contribution < 1.29 is 13.2 Å². The van der Waals surface area contributed by atoms with Gasteiger partial charge in [-0.1, -0.05) is 13.3 Å². The van der Waals surface area contributed by atoms with E-state index >= 15 is 0 Å². The average molecular weight is 489 g/mol. The second-order valence-corrected chi connectivity index (χ2v) is 10.6. The van der Waals surface area contributed by atoms with Crippen molar-refractivity contribution in [1.82, 2.24) is 29.0 Å². The molecule has 4 heterocycles. The second kappa shape index (κ2) is 10.1. The van der Waals surface area contributed by atoms with E-state index in [9.17, 15) is 8.42 Å². The lowest BCUT2D eigenvalue weighted by molar-refractivity contribution is 0.320. The molecule has 1 aliphatic heterocycles. The largest absolute Gasteiger partial charge is 0.495 e. The van der Waals surface area contributed by atoms with Crippen LogP contribution in [0.15, 0.2) is 18.5 Å². The number of pyridine rings is 1. The van der Waals surface area contributed by atoms with Gasteiger partial charge in [-0.3, -0.25) is 9.67 Å². The zero-order valence-electron chi connectivity index (χ0n) is 19.9. The Balaban J connectivity index is 1.57. The molecule has 0 atom stereocenters. The highest BCUT2D eigenvalue weighted by atomic mass is 32.2. The van der Waals surface area contributed by atoms with Crippen LogP contribution >= 0.6 is 0 Å². The number of anilines is 2. The molecule has 0 aromatic carbocycles. The third-order valence-corrected chi connectivity index (χ3v) is 7.50. The Morgan fingerprint density at radius 3 is 2.68 bits per heavy atom. The maximum absolute atomic E-state index is 11.8. The fourth-order valence-corrected chi connectivity index (χ4v) is 5.19. The molecule has 12 heteroatoms. The number of piperidine rings is 1. The molecule has 4 rings (SSSR count). The number of methoxy groups -OCH3 is 1. The molecular weight excluding hydrogens is 456 g/mol. The molecule has 184 valence electrons. The Labute approximate surface area is 199 Å². The first-order chi connectivity index (χ1) is 16.3. The Morgan fingerprint density at radius 2 is 2.00 bits per heavy atom. The lowest BCUT2D eigenvalue weighted by Crippen LogP contribution is -2.37. The second-order valence-electron chi connectivity index (χ2n) is 8.60. The maximum Gasteiger partial charge on any atom is 0.222 e. The molecule has 0 unspecified atom stereocenters. The molecule has 3 aromatic rings. The zero-order valence-corrected chi connectivity index (χ0v) is 20.7. The summed E-state index contributed by atoms with van der Waals surface area (Å²) in [6.45, 7) is 4.33. The maximum atomic E-state index is 11.8. The fourth-order valence-electron chi connectivity index (χ4n) is 4.31. The van der Waals surface area contributed by atoms with E-state index in [2.05, 4.69) is 27.3 Å². The van der Waals surface area contributed by atoms with Gasteiger partial charge in [0.1, 0.15) is 22.5 Å². The van der Waals surface area contributed by atoms with E-state index in [1.807, 2.05) is 12.3 Å². The summed E-state index contributed by atoms with van der Waals surface area (Å²) in [4.78, 5) is 13.4. The Kier molecular flexibility index (Phi) is 7.17. The molecule has 1 aliphatic rings. The van der Waals surface area contributed by atoms with Crippen LogP contribution in [0.1, 0.15) is 49.8 Å². The monoisotopic (exact) mass is 488 g/mol. The standard InChI is InChI=1S/C22H32N8O3S/c1-4-5-8-24-21-20-17(27-22(23)28-21)13-26-30(20)14-18-19(33-2)11-16(12-25-18)15-6-9-29(10-7-15)34(3,31)32/h11-13,15H,4-10,14H2,1-3H3,(H3,23,24,27,28). The molecule has 0 aliphatic carbocycles. The lowest BCUT2D eigenvalue weighted by Gasteiger charge is -2.30. The zero-order chi connectivity index (χ0) is 24.3. The first-order valence-electron chi connectivity index (χ1n) is 11.5. The predicted molar refractivity (Wildman–Crippen MR) is 131 cm³/mol. The number of sulfonamides is 1. The van der Waals surface area contributed by atoms with E-state index in [0.717, 1.165) is 49.0 Å². The van der Waals surface area contributed by atoms with Crippen LogP contribution in [0.25, 0.3) is 11.0 Å². The smallest absolute Gasteiger partial charge is 0.222 e. The third-order valence-electron chi connectivity index (χ3n) is 6.19. The minimum atomic E-state index is -3.15. The summed E-state index contributed by atoms with van der Waals surface area (Å²) in [6.07, 6.45) is 8.39. The van der Waals surface area contributed by atoms with Crippen LogP contribution in [0.2, 0.25) is 0 Å². The minimum Gasteiger partial charge on any atom is -0.495 e. The van der Waals surface area contributed by atoms with Crippen molar-refractivity contribution in [3.05, 3.63) is 29.7 Å². The summed E-state index contributed by atoms with van der Waals surface area (Å²) in [7, 11) is -1.53. The van der Waals surface area contributed by atoms with E-state index in [1.54, 1.807) is 18.0 Å². The van der Waals surface area contributed by atoms with Gasteiger partial charge in [0.2, 0.25) is 16.0 Å². The van der Waals surface area contributed by atoms with Crippen LogP contribution in [0, 0.1) is 0 Å². The summed E-state index contributed by atoms with van der Waals surface area (Å²) in [5.74, 6) is 1.77.